The predicted octanol–water partition coefficient (Wildman–Crippen LogP) is -0.530. The van der Waals surface area contributed by atoms with Gasteiger partial charge in [-0.1, -0.05) is 0 Å². The molecule has 6 heteroatoms. The zero-order chi connectivity index (χ0) is 10.4. The van der Waals surface area contributed by atoms with Crippen LogP contribution in [0.15, 0.2) is 24.5 Å². The lowest BCUT2D eigenvalue weighted by molar-refractivity contribution is -0.133. The highest BCUT2D eigenvalue weighted by Gasteiger charge is 2.03. The summed E-state index contributed by atoms with van der Waals surface area (Å²) >= 11 is 0. The molecule has 14 heavy (non-hydrogen) atoms. The minimum atomic E-state index is -0.520. The first kappa shape index (κ1) is 9.97. The van der Waals surface area contributed by atoms with Gasteiger partial charge < -0.3 is 15.8 Å². The summed E-state index contributed by atoms with van der Waals surface area (Å²) in [6.45, 7) is -0.135. The fraction of sp³-hybridized carbons (Fsp3) is 0.125. The molecule has 1 heterocycles. The Morgan fingerprint density at radius 2 is 2.50 bits per heavy atom. The van der Waals surface area contributed by atoms with E-state index < -0.39 is 5.97 Å². The number of nitrogens with one attached hydrogen (secondary N) is 2. The van der Waals surface area contributed by atoms with Gasteiger partial charge in [0, 0.05) is 6.20 Å². The fourth-order valence-electron chi connectivity index (χ4n) is 0.742. The lowest BCUT2D eigenvalue weighted by Gasteiger charge is -2.04. The third kappa shape index (κ3) is 3.53. The first-order chi connectivity index (χ1) is 6.68. The van der Waals surface area contributed by atoms with Gasteiger partial charge in [-0.15, -0.1) is 0 Å². The molecule has 0 aliphatic rings. The van der Waals surface area contributed by atoms with E-state index in [1.54, 1.807) is 18.3 Å². The van der Waals surface area contributed by atoms with Crippen molar-refractivity contribution in [2.24, 2.45) is 5.73 Å². The van der Waals surface area contributed by atoms with E-state index in [9.17, 15) is 4.79 Å². The number of esters is 1. The molecule has 0 aromatic carbocycles. The number of nitrogens with zero attached hydrogens (tertiary/aromatic N) is 1. The van der Waals surface area contributed by atoms with Crippen molar-refractivity contribution in [3.63, 3.8) is 0 Å². The second-order valence-electron chi connectivity index (χ2n) is 2.43. The molecule has 1 rings (SSSR count). The van der Waals surface area contributed by atoms with Crippen LogP contribution in [0.2, 0.25) is 0 Å². The maximum atomic E-state index is 11.1. The highest BCUT2D eigenvalue weighted by molar-refractivity contribution is 5.81. The van der Waals surface area contributed by atoms with Crippen LogP contribution < -0.4 is 15.8 Å². The van der Waals surface area contributed by atoms with E-state index >= 15 is 0 Å². The normalized spacial score (nSPS) is 9.14. The van der Waals surface area contributed by atoms with E-state index in [0.717, 1.165) is 0 Å². The lowest BCUT2D eigenvalue weighted by atomic mass is 10.5. The van der Waals surface area contributed by atoms with Crippen molar-refractivity contribution in [3.05, 3.63) is 24.5 Å². The number of pyridine rings is 1. The van der Waals surface area contributed by atoms with Crippen LogP contribution in [-0.4, -0.2) is 23.5 Å². The van der Waals surface area contributed by atoms with Crippen LogP contribution in [0.3, 0.4) is 0 Å². The van der Waals surface area contributed by atoms with Gasteiger partial charge in [0.15, 0.2) is 5.96 Å². The number of carbonyl (C=O) groups is 1. The second kappa shape index (κ2) is 4.80. The van der Waals surface area contributed by atoms with Crippen LogP contribution in [0.1, 0.15) is 0 Å². The molecule has 0 aliphatic heterocycles. The molecule has 0 saturated carbocycles. The van der Waals surface area contributed by atoms with Gasteiger partial charge in [-0.05, 0) is 12.1 Å². The average molecular weight is 194 g/mol. The zero-order valence-corrected chi connectivity index (χ0v) is 7.36. The summed E-state index contributed by atoms with van der Waals surface area (Å²) in [5.74, 6) is -0.427. The van der Waals surface area contributed by atoms with Gasteiger partial charge in [0.2, 0.25) is 0 Å². The van der Waals surface area contributed by atoms with Gasteiger partial charge in [0.25, 0.3) is 0 Å². The van der Waals surface area contributed by atoms with E-state index in [1.165, 1.54) is 6.20 Å². The van der Waals surface area contributed by atoms with Crippen LogP contribution in [0.5, 0.6) is 5.75 Å². The van der Waals surface area contributed by atoms with Crippen molar-refractivity contribution in [1.29, 1.82) is 5.41 Å². The topological polar surface area (TPSA) is 101 Å². The molecule has 0 radical (unpaired) electrons. The van der Waals surface area contributed by atoms with Crippen molar-refractivity contribution in [3.8, 4) is 5.75 Å². The molecule has 4 N–H and O–H groups in total. The highest BCUT2D eigenvalue weighted by Crippen LogP contribution is 2.05. The van der Waals surface area contributed by atoms with Crippen molar-refractivity contribution in [1.82, 2.24) is 10.3 Å². The van der Waals surface area contributed by atoms with Crippen LogP contribution in [0.25, 0.3) is 0 Å². The summed E-state index contributed by atoms with van der Waals surface area (Å²) in [5, 5.41) is 9.15. The molecule has 0 spiro atoms. The van der Waals surface area contributed by atoms with Crippen molar-refractivity contribution in [2.75, 3.05) is 6.54 Å². The van der Waals surface area contributed by atoms with Gasteiger partial charge in [-0.2, -0.15) is 0 Å². The predicted molar refractivity (Wildman–Crippen MR) is 49.8 cm³/mol. The van der Waals surface area contributed by atoms with Gasteiger partial charge in [-0.3, -0.25) is 10.4 Å². The Hall–Kier alpha value is -2.11. The summed E-state index contributed by atoms with van der Waals surface area (Å²) in [6, 6.07) is 3.26. The molecule has 74 valence electrons. The Bertz CT molecular complexity index is 325. The van der Waals surface area contributed by atoms with E-state index in [-0.39, 0.29) is 12.5 Å². The molecule has 0 amide bonds. The molecule has 0 aliphatic carbocycles. The molecule has 0 unspecified atom stereocenters. The summed E-state index contributed by atoms with van der Waals surface area (Å²) in [7, 11) is 0. The van der Waals surface area contributed by atoms with Gasteiger partial charge in [0.05, 0.1) is 6.20 Å². The standard InChI is InChI=1S/C8H10N4O2/c9-8(10)12-5-7(13)14-6-2-1-3-11-4-6/h1-4H,5H2,(H4,9,10,12). The van der Waals surface area contributed by atoms with Crippen LogP contribution in [-0.2, 0) is 4.79 Å². The average Bonchev–Trinajstić information content (AvgIpc) is 2.16. The van der Waals surface area contributed by atoms with E-state index in [2.05, 4.69) is 10.3 Å². The number of nitrogens with two attached hydrogens (primary N) is 1. The SMILES string of the molecule is N=C(N)NCC(=O)Oc1cccnc1. The summed E-state index contributed by atoms with van der Waals surface area (Å²) in [5.41, 5.74) is 4.99. The third-order valence-corrected chi connectivity index (χ3v) is 1.29. The Morgan fingerprint density at radius 1 is 1.71 bits per heavy atom. The number of hydrogen-bond acceptors (Lipinski definition) is 4. The fourth-order valence-corrected chi connectivity index (χ4v) is 0.742. The van der Waals surface area contributed by atoms with Crippen LogP contribution >= 0.6 is 0 Å². The van der Waals surface area contributed by atoms with Crippen molar-refractivity contribution in [2.45, 2.75) is 0 Å². The number of hydrogen-bond donors (Lipinski definition) is 3. The van der Waals surface area contributed by atoms with Crippen LogP contribution in [0, 0.1) is 5.41 Å². The Kier molecular flexibility index (Phi) is 3.42. The molecule has 1 aromatic heterocycles. The first-order valence-corrected chi connectivity index (χ1v) is 3.87. The minimum Gasteiger partial charge on any atom is -0.424 e. The van der Waals surface area contributed by atoms with Crippen LogP contribution in [0.4, 0.5) is 0 Å². The smallest absolute Gasteiger partial charge is 0.330 e. The summed E-state index contributed by atoms with van der Waals surface area (Å²) in [6.07, 6.45) is 3.00. The number of guanidine groups is 1. The maximum absolute atomic E-state index is 11.1. The molecular weight excluding hydrogens is 184 g/mol. The third-order valence-electron chi connectivity index (χ3n) is 1.29. The van der Waals surface area contributed by atoms with E-state index in [4.69, 9.17) is 15.9 Å². The Labute approximate surface area is 80.6 Å². The quantitative estimate of drug-likeness (QED) is 0.341. The van der Waals surface area contributed by atoms with Crippen molar-refractivity contribution >= 4 is 11.9 Å². The van der Waals surface area contributed by atoms with Gasteiger partial charge in [0.1, 0.15) is 12.3 Å². The maximum Gasteiger partial charge on any atom is 0.330 e. The lowest BCUT2D eigenvalue weighted by Crippen LogP contribution is -2.36. The Morgan fingerprint density at radius 3 is 3.07 bits per heavy atom. The van der Waals surface area contributed by atoms with E-state index in [1.807, 2.05) is 0 Å². The second-order valence-corrected chi connectivity index (χ2v) is 2.43. The molecule has 0 bridgehead atoms. The molecule has 0 atom stereocenters. The van der Waals surface area contributed by atoms with Gasteiger partial charge >= 0.3 is 5.97 Å². The number of ether oxygens (including phenoxy) is 1. The molecule has 0 fully saturated rings. The Balaban J connectivity index is 2.38. The largest absolute Gasteiger partial charge is 0.424 e. The molecule has 1 aromatic rings. The number of aromatic nitrogens is 1. The number of carbonyl (C=O) groups excluding carboxylic acids is 1. The van der Waals surface area contributed by atoms with Crippen molar-refractivity contribution < 1.29 is 9.53 Å². The zero-order valence-electron chi connectivity index (χ0n) is 7.36. The monoisotopic (exact) mass is 194 g/mol. The van der Waals surface area contributed by atoms with E-state index in [0.29, 0.717) is 5.75 Å². The highest BCUT2D eigenvalue weighted by atomic mass is 16.5. The minimum absolute atomic E-state index is 0.135. The summed E-state index contributed by atoms with van der Waals surface area (Å²) in [4.78, 5) is 14.8. The number of rotatable bonds is 3. The molecular formula is C8H10N4O2. The first-order valence-electron chi connectivity index (χ1n) is 3.87. The summed E-state index contributed by atoms with van der Waals surface area (Å²) < 4.78 is 4.85. The molecule has 6 nitrogen and oxygen atoms in total. The van der Waals surface area contributed by atoms with Gasteiger partial charge in [-0.25, -0.2) is 4.79 Å². The molecule has 0 saturated heterocycles.